The lowest BCUT2D eigenvalue weighted by Gasteiger charge is -2.45. The molecule has 4 aliphatic heterocycles. The monoisotopic (exact) mass is 316 g/mol. The summed E-state index contributed by atoms with van der Waals surface area (Å²) in [4.78, 5) is 21.1. The molecule has 2 bridgehead atoms. The van der Waals surface area contributed by atoms with Gasteiger partial charge in [0.25, 0.3) is 0 Å². The molecule has 5 rings (SSSR count). The number of thioether (sulfide) groups is 1. The van der Waals surface area contributed by atoms with Crippen LogP contribution in [0.15, 0.2) is 36.1 Å². The van der Waals surface area contributed by atoms with E-state index in [1.807, 2.05) is 29.9 Å². The fraction of sp³-hybridized carbons (Fsp3) is 0.500. The van der Waals surface area contributed by atoms with Crippen molar-refractivity contribution in [3.63, 3.8) is 0 Å². The second kappa shape index (κ2) is 5.93. The van der Waals surface area contributed by atoms with Crippen molar-refractivity contribution in [2.75, 3.05) is 19.6 Å². The van der Waals surface area contributed by atoms with E-state index in [4.69, 9.17) is 0 Å². The van der Waals surface area contributed by atoms with Gasteiger partial charge in [0, 0.05) is 36.7 Å². The number of pyridine rings is 1. The summed E-state index contributed by atoms with van der Waals surface area (Å²) in [6.45, 7) is 3.38. The van der Waals surface area contributed by atoms with Gasteiger partial charge in [0.2, 0.25) is 0 Å². The summed E-state index contributed by atoms with van der Waals surface area (Å²) in [6.07, 6.45) is 7.88. The maximum atomic E-state index is 12.7. The van der Waals surface area contributed by atoms with Gasteiger partial charge >= 0.3 is 6.03 Å². The quantitative estimate of drug-likeness (QED) is 0.910. The van der Waals surface area contributed by atoms with E-state index in [9.17, 15) is 4.79 Å². The Kier molecular flexibility index (Phi) is 3.80. The summed E-state index contributed by atoms with van der Waals surface area (Å²) in [7, 11) is 0. The molecule has 1 aromatic heterocycles. The molecule has 116 valence electrons. The molecule has 2 amide bonds. The maximum Gasteiger partial charge on any atom is 0.322 e. The summed E-state index contributed by atoms with van der Waals surface area (Å²) in [5.74, 6) is 0.644. The molecule has 0 aliphatic carbocycles. The highest BCUT2D eigenvalue weighted by atomic mass is 32.2. The van der Waals surface area contributed by atoms with Gasteiger partial charge in [0.1, 0.15) is 5.37 Å². The normalized spacial score (nSPS) is 33.2. The topological polar surface area (TPSA) is 48.5 Å². The van der Waals surface area contributed by atoms with Crippen LogP contribution in [-0.4, -0.2) is 46.5 Å². The number of hydrogen-bond acceptors (Lipinski definition) is 4. The Balaban J connectivity index is 1.44. The molecular formula is C16H20N4OS. The van der Waals surface area contributed by atoms with Gasteiger partial charge in [-0.3, -0.25) is 9.88 Å². The number of amides is 2. The van der Waals surface area contributed by atoms with Crippen LogP contribution in [0.25, 0.3) is 0 Å². The minimum atomic E-state index is -0.00483. The van der Waals surface area contributed by atoms with Crippen molar-refractivity contribution in [2.24, 2.45) is 5.92 Å². The predicted molar refractivity (Wildman–Crippen MR) is 87.0 cm³/mol. The van der Waals surface area contributed by atoms with Crippen LogP contribution in [0.1, 0.15) is 23.8 Å². The van der Waals surface area contributed by atoms with Crippen LogP contribution in [0.4, 0.5) is 4.79 Å². The van der Waals surface area contributed by atoms with Crippen LogP contribution in [0, 0.1) is 5.92 Å². The molecular weight excluding hydrogens is 296 g/mol. The maximum absolute atomic E-state index is 12.7. The van der Waals surface area contributed by atoms with Crippen molar-refractivity contribution in [1.29, 1.82) is 0 Å². The van der Waals surface area contributed by atoms with Gasteiger partial charge in [-0.25, -0.2) is 4.79 Å². The van der Waals surface area contributed by atoms with E-state index >= 15 is 0 Å². The Morgan fingerprint density at radius 2 is 2.23 bits per heavy atom. The molecule has 1 N–H and O–H groups in total. The number of nitrogens with zero attached hydrogens (tertiary/aromatic N) is 3. The molecule has 0 aromatic carbocycles. The van der Waals surface area contributed by atoms with Crippen LogP contribution in [0.3, 0.4) is 0 Å². The van der Waals surface area contributed by atoms with Gasteiger partial charge < -0.3 is 10.2 Å². The van der Waals surface area contributed by atoms with Crippen molar-refractivity contribution in [2.45, 2.75) is 24.3 Å². The SMILES string of the molecule is O=C(NC1CN2CCC1CC2)N1C=CS[C@@H]1c1cccnc1. The molecule has 5 nitrogen and oxygen atoms in total. The first-order valence-corrected chi connectivity index (χ1v) is 8.79. The van der Waals surface area contributed by atoms with Crippen molar-refractivity contribution in [3.05, 3.63) is 41.7 Å². The molecule has 1 aromatic rings. The summed E-state index contributed by atoms with van der Waals surface area (Å²) in [5, 5.41) is 5.23. The van der Waals surface area contributed by atoms with E-state index in [2.05, 4.69) is 15.2 Å². The minimum Gasteiger partial charge on any atom is -0.333 e. The smallest absolute Gasteiger partial charge is 0.322 e. The lowest BCUT2D eigenvalue weighted by atomic mass is 9.84. The minimum absolute atomic E-state index is 0.00483. The first-order chi connectivity index (χ1) is 10.8. The highest BCUT2D eigenvalue weighted by Crippen LogP contribution is 2.38. The first kappa shape index (κ1) is 14.1. The number of hydrogen-bond donors (Lipinski definition) is 1. The average Bonchev–Trinajstić information content (AvgIpc) is 3.06. The third-order valence-corrected chi connectivity index (χ3v) is 5.89. The Hall–Kier alpha value is -1.53. The van der Waals surface area contributed by atoms with E-state index in [1.54, 1.807) is 22.9 Å². The third kappa shape index (κ3) is 2.61. The number of piperidine rings is 3. The number of rotatable bonds is 2. The van der Waals surface area contributed by atoms with Gasteiger partial charge in [0.05, 0.1) is 0 Å². The van der Waals surface area contributed by atoms with Crippen molar-refractivity contribution >= 4 is 17.8 Å². The molecule has 22 heavy (non-hydrogen) atoms. The number of fused-ring (bicyclic) bond motifs is 3. The van der Waals surface area contributed by atoms with Gasteiger partial charge in [0.15, 0.2) is 0 Å². The van der Waals surface area contributed by atoms with E-state index < -0.39 is 0 Å². The molecule has 0 radical (unpaired) electrons. The van der Waals surface area contributed by atoms with E-state index in [1.165, 1.54) is 25.9 Å². The number of aromatic nitrogens is 1. The zero-order valence-electron chi connectivity index (χ0n) is 12.4. The van der Waals surface area contributed by atoms with Crippen molar-refractivity contribution < 1.29 is 4.79 Å². The fourth-order valence-corrected chi connectivity index (χ4v) is 4.56. The van der Waals surface area contributed by atoms with Crippen LogP contribution >= 0.6 is 11.8 Å². The molecule has 0 saturated carbocycles. The van der Waals surface area contributed by atoms with E-state index in [0.717, 1.165) is 12.1 Å². The Labute approximate surface area is 134 Å². The Bertz CT molecular complexity index is 571. The summed E-state index contributed by atoms with van der Waals surface area (Å²) < 4.78 is 0. The lowest BCUT2D eigenvalue weighted by molar-refractivity contribution is 0.0742. The second-order valence-electron chi connectivity index (χ2n) is 6.16. The zero-order chi connectivity index (χ0) is 14.9. The van der Waals surface area contributed by atoms with E-state index in [-0.39, 0.29) is 11.4 Å². The van der Waals surface area contributed by atoms with E-state index in [0.29, 0.717) is 12.0 Å². The molecule has 4 aliphatic rings. The zero-order valence-corrected chi connectivity index (χ0v) is 13.2. The van der Waals surface area contributed by atoms with Crippen LogP contribution in [0.5, 0.6) is 0 Å². The van der Waals surface area contributed by atoms with Crippen LogP contribution < -0.4 is 5.32 Å². The summed E-state index contributed by atoms with van der Waals surface area (Å²) in [6, 6.07) is 4.24. The summed E-state index contributed by atoms with van der Waals surface area (Å²) in [5.41, 5.74) is 1.06. The third-order valence-electron chi connectivity index (χ3n) is 4.85. The fourth-order valence-electron chi connectivity index (χ4n) is 3.62. The number of urea groups is 1. The standard InChI is InChI=1S/C16H20N4OS/c21-16(18-14-11-19-6-3-12(14)4-7-19)20-8-9-22-15(20)13-2-1-5-17-10-13/h1-2,5,8-10,12,14-15H,3-4,6-7,11H2,(H,18,21)/t14?,15-/m1/s1. The highest BCUT2D eigenvalue weighted by molar-refractivity contribution is 8.02. The molecule has 3 fully saturated rings. The van der Waals surface area contributed by atoms with Gasteiger partial charge in [-0.2, -0.15) is 0 Å². The largest absolute Gasteiger partial charge is 0.333 e. The molecule has 0 spiro atoms. The van der Waals surface area contributed by atoms with Gasteiger partial charge in [-0.15, -0.1) is 11.8 Å². The van der Waals surface area contributed by atoms with Crippen LogP contribution in [0.2, 0.25) is 0 Å². The van der Waals surface area contributed by atoms with Gasteiger partial charge in [-0.05, 0) is 43.3 Å². The van der Waals surface area contributed by atoms with Crippen molar-refractivity contribution in [1.82, 2.24) is 20.1 Å². The number of carbonyl (C=O) groups is 1. The Morgan fingerprint density at radius 3 is 2.91 bits per heavy atom. The average molecular weight is 316 g/mol. The molecule has 2 atom stereocenters. The first-order valence-electron chi connectivity index (χ1n) is 7.84. The lowest BCUT2D eigenvalue weighted by Crippen LogP contribution is -2.58. The summed E-state index contributed by atoms with van der Waals surface area (Å²) >= 11 is 1.64. The Morgan fingerprint density at radius 1 is 1.36 bits per heavy atom. The molecule has 6 heteroatoms. The van der Waals surface area contributed by atoms with Crippen LogP contribution in [-0.2, 0) is 0 Å². The van der Waals surface area contributed by atoms with Crippen molar-refractivity contribution in [3.8, 4) is 0 Å². The second-order valence-corrected chi connectivity index (χ2v) is 7.15. The predicted octanol–water partition coefficient (Wildman–Crippen LogP) is 2.40. The molecule has 5 heterocycles. The highest BCUT2D eigenvalue weighted by Gasteiger charge is 2.36. The number of nitrogens with one attached hydrogen (secondary N) is 1. The molecule has 1 unspecified atom stereocenters. The van der Waals surface area contributed by atoms with Gasteiger partial charge in [-0.1, -0.05) is 6.07 Å². The number of carbonyl (C=O) groups excluding carboxylic acids is 1. The molecule has 3 saturated heterocycles.